The normalized spacial score (nSPS) is 12.8. The van der Waals surface area contributed by atoms with Gasteiger partial charge in [-0.25, -0.2) is 4.79 Å². The lowest BCUT2D eigenvalue weighted by Gasteiger charge is -2.15. The minimum atomic E-state index is -0.574. The summed E-state index contributed by atoms with van der Waals surface area (Å²) in [5.41, 5.74) is 1.66. The summed E-state index contributed by atoms with van der Waals surface area (Å²) < 4.78 is 22.8. The number of benzene rings is 2. The van der Waals surface area contributed by atoms with Crippen LogP contribution < -0.4 is 15.2 Å². The lowest BCUT2D eigenvalue weighted by Crippen LogP contribution is -2.23. The Hall–Kier alpha value is -3.23. The molecule has 0 saturated heterocycles. The Morgan fingerprint density at radius 3 is 1.82 bits per heavy atom. The van der Waals surface area contributed by atoms with Crippen LogP contribution >= 0.6 is 0 Å². The standard InChI is InChI=1S/C25H31N3O5/c1-19(13-15-30-17-21-9-5-3-6-10-21)32-24-26-23(29)27-25(28-24)33-20(2)14-16-31-18-22-11-7-4-8-12-22/h3-12,19-20H,13-18H2,1-2H3,(H,26,27,28,29). The van der Waals surface area contributed by atoms with Gasteiger partial charge in [0.15, 0.2) is 0 Å². The molecule has 0 aliphatic heterocycles. The van der Waals surface area contributed by atoms with Crippen molar-refractivity contribution in [1.29, 1.82) is 0 Å². The number of hydrogen-bond donors (Lipinski definition) is 1. The van der Waals surface area contributed by atoms with E-state index in [2.05, 4.69) is 15.0 Å². The molecule has 0 radical (unpaired) electrons. The molecule has 0 fully saturated rings. The van der Waals surface area contributed by atoms with Crippen molar-refractivity contribution in [2.45, 2.75) is 52.1 Å². The van der Waals surface area contributed by atoms with Crippen molar-refractivity contribution in [3.8, 4) is 12.0 Å². The van der Waals surface area contributed by atoms with Crippen LogP contribution in [0.1, 0.15) is 37.8 Å². The Bertz CT molecular complexity index is 921. The largest absolute Gasteiger partial charge is 0.461 e. The van der Waals surface area contributed by atoms with Crippen molar-refractivity contribution >= 4 is 0 Å². The van der Waals surface area contributed by atoms with Gasteiger partial charge in [-0.2, -0.15) is 0 Å². The van der Waals surface area contributed by atoms with Crippen LogP contribution in [0.25, 0.3) is 0 Å². The van der Waals surface area contributed by atoms with E-state index in [1.54, 1.807) is 0 Å². The van der Waals surface area contributed by atoms with Crippen LogP contribution in [0.5, 0.6) is 12.0 Å². The molecule has 0 saturated carbocycles. The summed E-state index contributed by atoms with van der Waals surface area (Å²) in [5.74, 6) is 0. The van der Waals surface area contributed by atoms with E-state index in [9.17, 15) is 4.79 Å². The Morgan fingerprint density at radius 1 is 0.758 bits per heavy atom. The molecule has 3 aromatic rings. The zero-order valence-electron chi connectivity index (χ0n) is 19.1. The molecule has 2 unspecified atom stereocenters. The van der Waals surface area contributed by atoms with E-state index in [1.165, 1.54) is 0 Å². The number of nitrogens with zero attached hydrogens (tertiary/aromatic N) is 2. The first-order chi connectivity index (χ1) is 16.1. The summed E-state index contributed by atoms with van der Waals surface area (Å²) >= 11 is 0. The number of hydrogen-bond acceptors (Lipinski definition) is 7. The molecule has 0 amide bonds. The molecular weight excluding hydrogens is 422 g/mol. The minimum Gasteiger partial charge on any atom is -0.461 e. The van der Waals surface area contributed by atoms with E-state index >= 15 is 0 Å². The van der Waals surface area contributed by atoms with Crippen molar-refractivity contribution in [3.63, 3.8) is 0 Å². The number of ether oxygens (including phenoxy) is 4. The van der Waals surface area contributed by atoms with Gasteiger partial charge in [-0.05, 0) is 25.0 Å². The molecule has 8 heteroatoms. The van der Waals surface area contributed by atoms with Crippen LogP contribution in [0, 0.1) is 0 Å². The van der Waals surface area contributed by atoms with Crippen molar-refractivity contribution in [2.75, 3.05) is 13.2 Å². The zero-order chi connectivity index (χ0) is 23.3. The molecule has 0 aliphatic rings. The molecule has 1 N–H and O–H groups in total. The van der Waals surface area contributed by atoms with Gasteiger partial charge < -0.3 is 18.9 Å². The van der Waals surface area contributed by atoms with Gasteiger partial charge in [0.2, 0.25) is 0 Å². The lowest BCUT2D eigenvalue weighted by molar-refractivity contribution is 0.0795. The summed E-state index contributed by atoms with van der Waals surface area (Å²) in [6, 6.07) is 20.0. The van der Waals surface area contributed by atoms with Crippen molar-refractivity contribution < 1.29 is 18.9 Å². The van der Waals surface area contributed by atoms with Crippen molar-refractivity contribution in [1.82, 2.24) is 15.0 Å². The third-order valence-electron chi connectivity index (χ3n) is 4.79. The van der Waals surface area contributed by atoms with E-state index < -0.39 is 5.69 Å². The van der Waals surface area contributed by atoms with Crippen LogP contribution in [-0.2, 0) is 22.7 Å². The first kappa shape index (κ1) is 24.4. The fourth-order valence-electron chi connectivity index (χ4n) is 2.97. The molecule has 1 aromatic heterocycles. The van der Waals surface area contributed by atoms with Crippen LogP contribution in [0.3, 0.4) is 0 Å². The van der Waals surface area contributed by atoms with E-state index in [-0.39, 0.29) is 24.2 Å². The number of H-pyrrole nitrogens is 1. The third-order valence-corrected chi connectivity index (χ3v) is 4.79. The second kappa shape index (κ2) is 13.3. The maximum Gasteiger partial charge on any atom is 0.353 e. The second-order valence-electron chi connectivity index (χ2n) is 7.75. The number of rotatable bonds is 14. The van der Waals surface area contributed by atoms with Gasteiger partial charge in [0.1, 0.15) is 12.2 Å². The molecule has 2 atom stereocenters. The molecule has 0 spiro atoms. The van der Waals surface area contributed by atoms with Gasteiger partial charge in [0.25, 0.3) is 0 Å². The molecular formula is C25H31N3O5. The Morgan fingerprint density at radius 2 is 1.27 bits per heavy atom. The van der Waals surface area contributed by atoms with Gasteiger partial charge in [0.05, 0.1) is 26.4 Å². The molecule has 2 aromatic carbocycles. The predicted molar refractivity (Wildman–Crippen MR) is 124 cm³/mol. The fourth-order valence-corrected chi connectivity index (χ4v) is 2.97. The molecule has 1 heterocycles. The summed E-state index contributed by atoms with van der Waals surface area (Å²) in [5, 5.41) is 0. The summed E-state index contributed by atoms with van der Waals surface area (Å²) in [6.07, 6.45) is 0.848. The molecule has 0 bridgehead atoms. The highest BCUT2D eigenvalue weighted by Gasteiger charge is 2.12. The van der Waals surface area contributed by atoms with E-state index in [4.69, 9.17) is 18.9 Å². The van der Waals surface area contributed by atoms with Gasteiger partial charge in [0, 0.05) is 12.8 Å². The maximum atomic E-state index is 11.9. The topological polar surface area (TPSA) is 95.6 Å². The van der Waals surface area contributed by atoms with Crippen LogP contribution in [0.4, 0.5) is 0 Å². The molecule has 33 heavy (non-hydrogen) atoms. The highest BCUT2D eigenvalue weighted by molar-refractivity contribution is 5.14. The van der Waals surface area contributed by atoms with Crippen LogP contribution in [-0.4, -0.2) is 40.4 Å². The number of aromatic nitrogens is 3. The van der Waals surface area contributed by atoms with Crippen LogP contribution in [0.15, 0.2) is 65.5 Å². The number of aromatic amines is 1. The molecule has 176 valence electrons. The quantitative estimate of drug-likeness (QED) is 0.370. The predicted octanol–water partition coefficient (Wildman–Crippen LogP) is 3.91. The monoisotopic (exact) mass is 453 g/mol. The second-order valence-corrected chi connectivity index (χ2v) is 7.75. The van der Waals surface area contributed by atoms with Crippen LogP contribution in [0.2, 0.25) is 0 Å². The summed E-state index contributed by atoms with van der Waals surface area (Å²) in [7, 11) is 0. The Balaban J connectivity index is 1.38. The lowest BCUT2D eigenvalue weighted by atomic mass is 10.2. The van der Waals surface area contributed by atoms with Gasteiger partial charge >= 0.3 is 17.7 Å². The van der Waals surface area contributed by atoms with Gasteiger partial charge in [-0.15, -0.1) is 9.97 Å². The van der Waals surface area contributed by atoms with E-state index in [1.807, 2.05) is 74.5 Å². The van der Waals surface area contributed by atoms with Gasteiger partial charge in [-0.3, -0.25) is 4.98 Å². The Labute approximate surface area is 193 Å². The average Bonchev–Trinajstić information content (AvgIpc) is 2.80. The maximum absolute atomic E-state index is 11.9. The number of nitrogens with one attached hydrogen (secondary N) is 1. The first-order valence-electron chi connectivity index (χ1n) is 11.1. The molecule has 3 rings (SSSR count). The third kappa shape index (κ3) is 9.43. The summed E-state index contributed by atoms with van der Waals surface area (Å²) in [4.78, 5) is 22.3. The van der Waals surface area contributed by atoms with Crippen molar-refractivity contribution in [2.24, 2.45) is 0 Å². The fraction of sp³-hybridized carbons (Fsp3) is 0.400. The van der Waals surface area contributed by atoms with E-state index in [0.717, 1.165) is 11.1 Å². The SMILES string of the molecule is CC(CCOCc1ccccc1)Oc1nc(OC(C)CCOCc2ccccc2)[nH]c(=O)n1. The minimum absolute atomic E-state index is 0.0168. The van der Waals surface area contributed by atoms with Crippen molar-refractivity contribution in [3.05, 3.63) is 82.3 Å². The van der Waals surface area contributed by atoms with Gasteiger partial charge in [-0.1, -0.05) is 60.7 Å². The zero-order valence-corrected chi connectivity index (χ0v) is 19.1. The highest BCUT2D eigenvalue weighted by Crippen LogP contribution is 2.11. The average molecular weight is 454 g/mol. The summed E-state index contributed by atoms with van der Waals surface area (Å²) in [6.45, 7) is 5.89. The van der Waals surface area contributed by atoms with E-state index in [0.29, 0.717) is 39.3 Å². The Kier molecular flexibility index (Phi) is 9.87. The molecule has 8 nitrogen and oxygen atoms in total. The smallest absolute Gasteiger partial charge is 0.353 e. The first-order valence-corrected chi connectivity index (χ1v) is 11.1. The highest BCUT2D eigenvalue weighted by atomic mass is 16.5. The molecule has 0 aliphatic carbocycles.